The van der Waals surface area contributed by atoms with Crippen molar-refractivity contribution in [2.45, 2.75) is 0 Å². The molecule has 2 aromatic rings. The van der Waals surface area contributed by atoms with Gasteiger partial charge in [0.2, 0.25) is 11.8 Å². The Bertz CT molecular complexity index is 868. The Morgan fingerprint density at radius 1 is 1.16 bits per heavy atom. The number of morpholine rings is 1. The van der Waals surface area contributed by atoms with Crippen LogP contribution < -0.4 is 15.0 Å². The van der Waals surface area contributed by atoms with E-state index >= 15 is 0 Å². The number of hydrogen-bond acceptors (Lipinski definition) is 7. The second-order valence-corrected chi connectivity index (χ2v) is 7.05. The van der Waals surface area contributed by atoms with E-state index in [4.69, 9.17) is 14.2 Å². The number of amides is 2. The first-order valence-electron chi connectivity index (χ1n) is 10.1. The molecule has 0 radical (unpaired) electrons. The molecular formula is C22H28N4O5. The number of hydrogen-bond donors (Lipinski definition) is 1. The summed E-state index contributed by atoms with van der Waals surface area (Å²) >= 11 is 0. The Morgan fingerprint density at radius 2 is 1.90 bits per heavy atom. The molecule has 0 saturated carbocycles. The predicted octanol–water partition coefficient (Wildman–Crippen LogP) is 1.65. The van der Waals surface area contributed by atoms with Crippen molar-refractivity contribution in [3.05, 3.63) is 48.2 Å². The normalized spacial score (nSPS) is 13.5. The monoisotopic (exact) mass is 428 g/mol. The quantitative estimate of drug-likeness (QED) is 0.607. The molecule has 2 amide bonds. The topological polar surface area (TPSA) is 93.2 Å². The first-order valence-corrected chi connectivity index (χ1v) is 10.1. The van der Waals surface area contributed by atoms with Crippen LogP contribution in [0.15, 0.2) is 42.6 Å². The van der Waals surface area contributed by atoms with Crippen LogP contribution in [0.25, 0.3) is 0 Å². The molecule has 1 aliphatic heterocycles. The average Bonchev–Trinajstić information content (AvgIpc) is 2.80. The largest absolute Gasteiger partial charge is 0.475 e. The maximum atomic E-state index is 12.8. The van der Waals surface area contributed by atoms with Gasteiger partial charge in [-0.3, -0.25) is 9.59 Å². The highest BCUT2D eigenvalue weighted by atomic mass is 16.5. The van der Waals surface area contributed by atoms with Crippen LogP contribution >= 0.6 is 0 Å². The van der Waals surface area contributed by atoms with Gasteiger partial charge in [0.15, 0.2) is 0 Å². The minimum atomic E-state index is -0.349. The first kappa shape index (κ1) is 22.5. The highest BCUT2D eigenvalue weighted by Gasteiger charge is 2.20. The van der Waals surface area contributed by atoms with E-state index in [1.165, 1.54) is 4.90 Å². The number of ether oxygens (including phenoxy) is 3. The average molecular weight is 428 g/mol. The molecule has 1 N–H and O–H groups in total. The minimum absolute atomic E-state index is 0.101. The summed E-state index contributed by atoms with van der Waals surface area (Å²) in [6, 6.07) is 10.9. The molecule has 166 valence electrons. The summed E-state index contributed by atoms with van der Waals surface area (Å²) in [6.07, 6.45) is 1.55. The summed E-state index contributed by atoms with van der Waals surface area (Å²) in [6.45, 7) is 3.69. The van der Waals surface area contributed by atoms with Gasteiger partial charge in [-0.25, -0.2) is 4.98 Å². The number of nitrogens with zero attached hydrogens (tertiary/aromatic N) is 3. The van der Waals surface area contributed by atoms with E-state index in [0.29, 0.717) is 17.9 Å². The fraction of sp³-hybridized carbons (Fsp3) is 0.409. The molecule has 1 fully saturated rings. The van der Waals surface area contributed by atoms with Crippen molar-refractivity contribution in [2.75, 3.05) is 70.4 Å². The number of anilines is 2. The Balaban J connectivity index is 1.55. The maximum absolute atomic E-state index is 12.8. The molecule has 1 aliphatic rings. The standard InChI is InChI=1S/C22H28N4O5/c1-25(22(28)19-4-3-9-23-21(19)31-15-14-29-2)16-20(27)24-17-5-7-18(8-6-17)26-10-12-30-13-11-26/h3-9H,10-16H2,1-2H3,(H,24,27). The van der Waals surface area contributed by atoms with E-state index in [0.717, 1.165) is 32.0 Å². The van der Waals surface area contributed by atoms with Crippen LogP contribution in [0.4, 0.5) is 11.4 Å². The van der Waals surface area contributed by atoms with E-state index in [1.54, 1.807) is 32.5 Å². The molecule has 9 nitrogen and oxygen atoms in total. The smallest absolute Gasteiger partial charge is 0.259 e. The fourth-order valence-corrected chi connectivity index (χ4v) is 3.16. The molecule has 31 heavy (non-hydrogen) atoms. The summed E-state index contributed by atoms with van der Waals surface area (Å²) in [4.78, 5) is 32.9. The molecule has 0 unspecified atom stereocenters. The van der Waals surface area contributed by atoms with Crippen LogP contribution in [0, 0.1) is 0 Å². The Morgan fingerprint density at radius 3 is 2.61 bits per heavy atom. The van der Waals surface area contributed by atoms with Gasteiger partial charge in [-0.2, -0.15) is 0 Å². The van der Waals surface area contributed by atoms with E-state index in [2.05, 4.69) is 15.2 Å². The Labute approximate surface area is 181 Å². The number of pyridine rings is 1. The lowest BCUT2D eigenvalue weighted by atomic mass is 10.2. The van der Waals surface area contributed by atoms with Crippen LogP contribution in [0.2, 0.25) is 0 Å². The van der Waals surface area contributed by atoms with Crippen molar-refractivity contribution in [3.8, 4) is 5.88 Å². The zero-order valence-electron chi connectivity index (χ0n) is 17.9. The lowest BCUT2D eigenvalue weighted by molar-refractivity contribution is -0.116. The highest BCUT2D eigenvalue weighted by Crippen LogP contribution is 2.19. The number of carbonyl (C=O) groups excluding carboxylic acids is 2. The van der Waals surface area contributed by atoms with Gasteiger partial charge in [0.1, 0.15) is 12.2 Å². The molecule has 0 spiro atoms. The predicted molar refractivity (Wildman–Crippen MR) is 117 cm³/mol. The van der Waals surface area contributed by atoms with E-state index < -0.39 is 0 Å². The van der Waals surface area contributed by atoms with Gasteiger partial charge in [0.25, 0.3) is 5.91 Å². The van der Waals surface area contributed by atoms with Gasteiger partial charge >= 0.3 is 0 Å². The van der Waals surface area contributed by atoms with Gasteiger partial charge < -0.3 is 29.3 Å². The lowest BCUT2D eigenvalue weighted by Crippen LogP contribution is -2.36. The fourth-order valence-electron chi connectivity index (χ4n) is 3.16. The van der Waals surface area contributed by atoms with Crippen LogP contribution in [-0.2, 0) is 14.3 Å². The maximum Gasteiger partial charge on any atom is 0.259 e. The Kier molecular flexibility index (Phi) is 8.19. The van der Waals surface area contributed by atoms with Gasteiger partial charge in [0, 0.05) is 44.8 Å². The number of methoxy groups -OCH3 is 1. The number of carbonyl (C=O) groups is 2. The van der Waals surface area contributed by atoms with Crippen molar-refractivity contribution in [2.24, 2.45) is 0 Å². The van der Waals surface area contributed by atoms with Crippen LogP contribution in [0.3, 0.4) is 0 Å². The molecule has 1 saturated heterocycles. The van der Waals surface area contributed by atoms with Crippen molar-refractivity contribution < 1.29 is 23.8 Å². The molecule has 9 heteroatoms. The van der Waals surface area contributed by atoms with E-state index in [1.807, 2.05) is 24.3 Å². The minimum Gasteiger partial charge on any atom is -0.475 e. The van der Waals surface area contributed by atoms with Gasteiger partial charge in [-0.05, 0) is 36.4 Å². The van der Waals surface area contributed by atoms with Crippen LogP contribution in [0.1, 0.15) is 10.4 Å². The number of benzene rings is 1. The van der Waals surface area contributed by atoms with Gasteiger partial charge in [-0.1, -0.05) is 0 Å². The van der Waals surface area contributed by atoms with Crippen LogP contribution in [0.5, 0.6) is 5.88 Å². The number of nitrogens with one attached hydrogen (secondary N) is 1. The zero-order valence-corrected chi connectivity index (χ0v) is 17.9. The summed E-state index contributed by atoms with van der Waals surface area (Å²) in [5.41, 5.74) is 2.06. The number of likely N-dealkylation sites (N-methyl/N-ethyl adjacent to an activating group) is 1. The molecule has 3 rings (SSSR count). The molecule has 1 aromatic heterocycles. The van der Waals surface area contributed by atoms with Crippen molar-refractivity contribution in [1.82, 2.24) is 9.88 Å². The lowest BCUT2D eigenvalue weighted by Gasteiger charge is -2.28. The molecular weight excluding hydrogens is 400 g/mol. The summed E-state index contributed by atoms with van der Waals surface area (Å²) in [7, 11) is 3.13. The van der Waals surface area contributed by atoms with E-state index in [9.17, 15) is 9.59 Å². The van der Waals surface area contributed by atoms with Gasteiger partial charge in [-0.15, -0.1) is 0 Å². The third-order valence-electron chi connectivity index (χ3n) is 4.78. The molecule has 1 aromatic carbocycles. The third-order valence-corrected chi connectivity index (χ3v) is 4.78. The summed E-state index contributed by atoms with van der Waals surface area (Å²) in [5.74, 6) is -0.422. The van der Waals surface area contributed by atoms with Crippen molar-refractivity contribution in [1.29, 1.82) is 0 Å². The van der Waals surface area contributed by atoms with Crippen LogP contribution in [-0.4, -0.2) is 81.9 Å². The zero-order chi connectivity index (χ0) is 22.1. The van der Waals surface area contributed by atoms with Crippen molar-refractivity contribution in [3.63, 3.8) is 0 Å². The first-order chi connectivity index (χ1) is 15.1. The second-order valence-electron chi connectivity index (χ2n) is 7.05. The molecule has 2 heterocycles. The molecule has 0 aliphatic carbocycles. The molecule has 0 atom stereocenters. The van der Waals surface area contributed by atoms with E-state index in [-0.39, 0.29) is 30.8 Å². The SMILES string of the molecule is COCCOc1ncccc1C(=O)N(C)CC(=O)Nc1ccc(N2CCOCC2)cc1. The number of aromatic nitrogens is 1. The summed E-state index contributed by atoms with van der Waals surface area (Å²) in [5, 5.41) is 2.83. The summed E-state index contributed by atoms with van der Waals surface area (Å²) < 4.78 is 15.8. The third kappa shape index (κ3) is 6.40. The van der Waals surface area contributed by atoms with Gasteiger partial charge in [0.05, 0.1) is 26.4 Å². The van der Waals surface area contributed by atoms with Crippen molar-refractivity contribution >= 4 is 23.2 Å². The highest BCUT2D eigenvalue weighted by molar-refractivity contribution is 6.00. The second kappa shape index (κ2) is 11.3. The number of rotatable bonds is 9. The Hall–Kier alpha value is -3.17. The molecule has 0 bridgehead atoms.